The van der Waals surface area contributed by atoms with E-state index in [1.807, 2.05) is 0 Å². The number of rotatable bonds is 8. The molecule has 1 aliphatic rings. The maximum atomic E-state index is 5.55. The molecule has 0 bridgehead atoms. The first-order valence-corrected chi connectivity index (χ1v) is 8.20. The third-order valence-electron chi connectivity index (χ3n) is 5.03. The minimum absolute atomic E-state index is 0.252. The highest BCUT2D eigenvalue weighted by Gasteiger charge is 2.41. The summed E-state index contributed by atoms with van der Waals surface area (Å²) >= 11 is 0. The third kappa shape index (κ3) is 3.93. The van der Waals surface area contributed by atoms with Crippen molar-refractivity contribution >= 4 is 0 Å². The highest BCUT2D eigenvalue weighted by Crippen LogP contribution is 2.32. The highest BCUT2D eigenvalue weighted by molar-refractivity contribution is 4.99. The second-order valence-corrected chi connectivity index (χ2v) is 5.87. The zero-order chi connectivity index (χ0) is 14.3. The van der Waals surface area contributed by atoms with Crippen molar-refractivity contribution in [2.45, 2.75) is 65.5 Å². The Bertz CT molecular complexity index is 237. The zero-order valence-corrected chi connectivity index (χ0v) is 13.7. The van der Waals surface area contributed by atoms with Crippen molar-refractivity contribution in [2.75, 3.05) is 32.8 Å². The van der Waals surface area contributed by atoms with Crippen LogP contribution in [0.25, 0.3) is 0 Å². The van der Waals surface area contributed by atoms with Gasteiger partial charge in [0.05, 0.1) is 0 Å². The van der Waals surface area contributed by atoms with E-state index in [-0.39, 0.29) is 5.54 Å². The number of ether oxygens (including phenoxy) is 1. The van der Waals surface area contributed by atoms with Crippen LogP contribution in [0.2, 0.25) is 0 Å². The molecular weight excluding hydrogens is 236 g/mol. The molecule has 1 heterocycles. The van der Waals surface area contributed by atoms with Gasteiger partial charge in [0.1, 0.15) is 0 Å². The van der Waals surface area contributed by atoms with Gasteiger partial charge >= 0.3 is 0 Å². The molecule has 1 rings (SSSR count). The van der Waals surface area contributed by atoms with Crippen molar-refractivity contribution in [2.24, 2.45) is 5.92 Å². The van der Waals surface area contributed by atoms with Crippen molar-refractivity contribution in [3.8, 4) is 0 Å². The molecule has 2 atom stereocenters. The number of hydrogen-bond donors (Lipinski definition) is 1. The van der Waals surface area contributed by atoms with Crippen LogP contribution in [0.4, 0.5) is 0 Å². The molecule has 0 radical (unpaired) electrons. The van der Waals surface area contributed by atoms with Crippen LogP contribution in [0.5, 0.6) is 0 Å². The van der Waals surface area contributed by atoms with Crippen LogP contribution in [0, 0.1) is 5.92 Å². The molecule has 3 heteroatoms. The molecule has 0 aromatic heterocycles. The standard InChI is InChI=1S/C16H34N2O/c1-6-16(5,18(8-3)9-4)15(17-7-2)14-10-12-19-13-11-14/h14-15,17H,6-13H2,1-5H3. The van der Waals surface area contributed by atoms with Crippen LogP contribution in [-0.2, 0) is 4.74 Å². The Morgan fingerprint density at radius 2 is 1.74 bits per heavy atom. The summed E-state index contributed by atoms with van der Waals surface area (Å²) in [4.78, 5) is 2.63. The van der Waals surface area contributed by atoms with Crippen molar-refractivity contribution in [3.05, 3.63) is 0 Å². The van der Waals surface area contributed by atoms with E-state index in [4.69, 9.17) is 4.74 Å². The van der Waals surface area contributed by atoms with Gasteiger partial charge in [0.25, 0.3) is 0 Å². The van der Waals surface area contributed by atoms with Crippen LogP contribution in [-0.4, -0.2) is 49.3 Å². The molecule has 3 nitrogen and oxygen atoms in total. The Morgan fingerprint density at radius 1 is 1.16 bits per heavy atom. The molecule has 2 unspecified atom stereocenters. The molecule has 0 aromatic rings. The van der Waals surface area contributed by atoms with E-state index in [2.05, 4.69) is 44.8 Å². The molecule has 114 valence electrons. The first-order chi connectivity index (χ1) is 9.13. The Kier molecular flexibility index (Phi) is 7.33. The number of nitrogens with one attached hydrogen (secondary N) is 1. The van der Waals surface area contributed by atoms with Crippen molar-refractivity contribution < 1.29 is 4.74 Å². The third-order valence-corrected chi connectivity index (χ3v) is 5.03. The SMILES string of the molecule is CCNC(C1CCOCC1)C(C)(CC)N(CC)CC. The summed E-state index contributed by atoms with van der Waals surface area (Å²) in [7, 11) is 0. The molecule has 1 saturated heterocycles. The lowest BCUT2D eigenvalue weighted by molar-refractivity contribution is -0.000195. The summed E-state index contributed by atoms with van der Waals surface area (Å²) in [6, 6.07) is 0.575. The van der Waals surface area contributed by atoms with Gasteiger partial charge in [-0.3, -0.25) is 4.90 Å². The maximum Gasteiger partial charge on any atom is 0.0469 e. The monoisotopic (exact) mass is 270 g/mol. The quantitative estimate of drug-likeness (QED) is 0.734. The van der Waals surface area contributed by atoms with Crippen LogP contribution >= 0.6 is 0 Å². The average molecular weight is 270 g/mol. The predicted molar refractivity (Wildman–Crippen MR) is 82.6 cm³/mol. The molecule has 1 aliphatic heterocycles. The zero-order valence-electron chi connectivity index (χ0n) is 13.7. The van der Waals surface area contributed by atoms with E-state index >= 15 is 0 Å². The molecule has 19 heavy (non-hydrogen) atoms. The van der Waals surface area contributed by atoms with Crippen LogP contribution in [0.1, 0.15) is 53.9 Å². The van der Waals surface area contributed by atoms with Crippen molar-refractivity contribution in [1.82, 2.24) is 10.2 Å². The highest BCUT2D eigenvalue weighted by atomic mass is 16.5. The summed E-state index contributed by atoms with van der Waals surface area (Å²) in [6.45, 7) is 16.8. The molecule has 0 saturated carbocycles. The smallest absolute Gasteiger partial charge is 0.0469 e. The summed E-state index contributed by atoms with van der Waals surface area (Å²) < 4.78 is 5.55. The van der Waals surface area contributed by atoms with Crippen molar-refractivity contribution in [1.29, 1.82) is 0 Å². The molecular formula is C16H34N2O. The normalized spacial score (nSPS) is 22.4. The van der Waals surface area contributed by atoms with Gasteiger partial charge < -0.3 is 10.1 Å². The Morgan fingerprint density at radius 3 is 2.16 bits per heavy atom. The second kappa shape index (κ2) is 8.23. The van der Waals surface area contributed by atoms with Gasteiger partial charge in [0.15, 0.2) is 0 Å². The van der Waals surface area contributed by atoms with Crippen molar-refractivity contribution in [3.63, 3.8) is 0 Å². The van der Waals surface area contributed by atoms with Gasteiger partial charge in [-0.25, -0.2) is 0 Å². The van der Waals surface area contributed by atoms with E-state index in [9.17, 15) is 0 Å². The first kappa shape index (κ1) is 16.9. The lowest BCUT2D eigenvalue weighted by Crippen LogP contribution is -2.62. The fraction of sp³-hybridized carbons (Fsp3) is 1.00. The van der Waals surface area contributed by atoms with Gasteiger partial charge in [-0.1, -0.05) is 27.7 Å². The lowest BCUT2D eigenvalue weighted by Gasteiger charge is -2.49. The molecule has 0 aromatic carbocycles. The topological polar surface area (TPSA) is 24.5 Å². The van der Waals surface area contributed by atoms with E-state index in [1.165, 1.54) is 19.3 Å². The minimum atomic E-state index is 0.252. The van der Waals surface area contributed by atoms with Gasteiger partial charge in [0.2, 0.25) is 0 Å². The lowest BCUT2D eigenvalue weighted by atomic mass is 9.76. The summed E-state index contributed by atoms with van der Waals surface area (Å²) in [5.41, 5.74) is 0.252. The van der Waals surface area contributed by atoms with E-state index < -0.39 is 0 Å². The Labute approximate surface area is 120 Å². The van der Waals surface area contributed by atoms with E-state index in [0.717, 1.165) is 38.8 Å². The molecule has 0 spiro atoms. The molecule has 1 fully saturated rings. The minimum Gasteiger partial charge on any atom is -0.381 e. The fourth-order valence-corrected chi connectivity index (χ4v) is 3.75. The van der Waals surface area contributed by atoms with Gasteiger partial charge in [-0.15, -0.1) is 0 Å². The Balaban J connectivity index is 2.91. The molecule has 1 N–H and O–H groups in total. The van der Waals surface area contributed by atoms with E-state index in [1.54, 1.807) is 0 Å². The molecule has 0 aliphatic carbocycles. The van der Waals surface area contributed by atoms with Gasteiger partial charge in [-0.05, 0) is 51.7 Å². The van der Waals surface area contributed by atoms with Crippen LogP contribution < -0.4 is 5.32 Å². The number of nitrogens with zero attached hydrogens (tertiary/aromatic N) is 1. The van der Waals surface area contributed by atoms with Gasteiger partial charge in [0, 0.05) is 24.8 Å². The fourth-order valence-electron chi connectivity index (χ4n) is 3.75. The van der Waals surface area contributed by atoms with Crippen LogP contribution in [0.3, 0.4) is 0 Å². The maximum absolute atomic E-state index is 5.55. The number of hydrogen-bond acceptors (Lipinski definition) is 3. The summed E-state index contributed by atoms with van der Waals surface area (Å²) in [5, 5.41) is 3.80. The van der Waals surface area contributed by atoms with E-state index in [0.29, 0.717) is 6.04 Å². The van der Waals surface area contributed by atoms with Gasteiger partial charge in [-0.2, -0.15) is 0 Å². The second-order valence-electron chi connectivity index (χ2n) is 5.87. The summed E-state index contributed by atoms with van der Waals surface area (Å²) in [5.74, 6) is 0.749. The molecule has 0 amide bonds. The largest absolute Gasteiger partial charge is 0.381 e. The predicted octanol–water partition coefficient (Wildman–Crippen LogP) is 2.90. The Hall–Kier alpha value is -0.120. The van der Waals surface area contributed by atoms with Crippen LogP contribution in [0.15, 0.2) is 0 Å². The average Bonchev–Trinajstić information content (AvgIpc) is 2.46. The number of likely N-dealkylation sites (N-methyl/N-ethyl adjacent to an activating group) is 2. The summed E-state index contributed by atoms with van der Waals surface area (Å²) in [6.07, 6.45) is 3.60. The first-order valence-electron chi connectivity index (χ1n) is 8.20.